The topological polar surface area (TPSA) is 43.4 Å². The highest BCUT2D eigenvalue weighted by molar-refractivity contribution is 7.16. The van der Waals surface area contributed by atoms with Gasteiger partial charge in [-0.2, -0.15) is 0 Å². The third kappa shape index (κ3) is 2.84. The number of rotatable bonds is 2. The minimum atomic E-state index is -0.235. The van der Waals surface area contributed by atoms with Crippen molar-refractivity contribution in [1.29, 1.82) is 0 Å². The second-order valence-corrected chi connectivity index (χ2v) is 8.34. The number of aromatic nitrogens is 1. The van der Waals surface area contributed by atoms with Crippen LogP contribution in [0.4, 0.5) is 0 Å². The zero-order valence-electron chi connectivity index (χ0n) is 13.8. The Morgan fingerprint density at radius 2 is 2.29 bits per heavy atom. The average molecular weight is 365 g/mol. The summed E-state index contributed by atoms with van der Waals surface area (Å²) in [4.78, 5) is 5.68. The Morgan fingerprint density at radius 1 is 1.42 bits per heavy atom. The molecule has 2 aliphatic rings. The van der Waals surface area contributed by atoms with Crippen LogP contribution in [-0.2, 0) is 16.8 Å². The van der Waals surface area contributed by atoms with E-state index in [4.69, 9.17) is 21.1 Å². The molecule has 0 amide bonds. The standard InChI is InChI=1S/C18H21ClN2O2S/c1-11-8-18(17-12(5-6-23-18)7-15(19)24-17)9-14(21-11)13-3-4-16(22-2)20-10-13/h3-4,7,10-11,14,21H,5-6,8-9H2,1-2H3/t11-,14-,18-/m0/s1. The van der Waals surface area contributed by atoms with E-state index >= 15 is 0 Å². The largest absolute Gasteiger partial charge is 0.481 e. The average Bonchev–Trinajstić information content (AvgIpc) is 2.97. The highest BCUT2D eigenvalue weighted by atomic mass is 35.5. The third-order valence-electron chi connectivity index (χ3n) is 4.97. The smallest absolute Gasteiger partial charge is 0.212 e. The summed E-state index contributed by atoms with van der Waals surface area (Å²) < 4.78 is 12.4. The van der Waals surface area contributed by atoms with Crippen LogP contribution in [0.3, 0.4) is 0 Å². The number of nitrogens with one attached hydrogen (secondary N) is 1. The summed E-state index contributed by atoms with van der Waals surface area (Å²) in [7, 11) is 1.63. The maximum atomic E-state index is 6.38. The number of piperidine rings is 1. The molecule has 24 heavy (non-hydrogen) atoms. The van der Waals surface area contributed by atoms with Gasteiger partial charge in [0.1, 0.15) is 5.60 Å². The molecular formula is C18H21ClN2O2S. The van der Waals surface area contributed by atoms with Gasteiger partial charge in [0.25, 0.3) is 0 Å². The summed E-state index contributed by atoms with van der Waals surface area (Å²) in [6, 6.07) is 6.68. The van der Waals surface area contributed by atoms with Crippen LogP contribution in [0, 0.1) is 0 Å². The first-order valence-corrected chi connectivity index (χ1v) is 9.48. The van der Waals surface area contributed by atoms with Crippen LogP contribution >= 0.6 is 22.9 Å². The van der Waals surface area contributed by atoms with Crippen LogP contribution in [0.1, 0.15) is 41.8 Å². The van der Waals surface area contributed by atoms with Gasteiger partial charge in [0.05, 0.1) is 18.1 Å². The number of hydrogen-bond donors (Lipinski definition) is 1. The van der Waals surface area contributed by atoms with E-state index in [-0.39, 0.29) is 11.6 Å². The van der Waals surface area contributed by atoms with Gasteiger partial charge in [-0.25, -0.2) is 4.98 Å². The van der Waals surface area contributed by atoms with Gasteiger partial charge in [-0.1, -0.05) is 17.7 Å². The number of methoxy groups -OCH3 is 1. The van der Waals surface area contributed by atoms with Gasteiger partial charge < -0.3 is 14.8 Å². The first-order valence-electron chi connectivity index (χ1n) is 8.28. The lowest BCUT2D eigenvalue weighted by molar-refractivity contribution is -0.0954. The summed E-state index contributed by atoms with van der Waals surface area (Å²) in [5, 5.41) is 3.69. The molecule has 0 unspecified atom stereocenters. The zero-order chi connectivity index (χ0) is 16.7. The van der Waals surface area contributed by atoms with Crippen LogP contribution in [-0.4, -0.2) is 24.7 Å². The molecule has 2 aromatic rings. The lowest BCUT2D eigenvalue weighted by atomic mass is 9.78. The third-order valence-corrected chi connectivity index (χ3v) is 6.46. The number of hydrogen-bond acceptors (Lipinski definition) is 5. The van der Waals surface area contributed by atoms with E-state index in [1.165, 1.54) is 16.0 Å². The Hall–Kier alpha value is -1.14. The molecule has 2 aromatic heterocycles. The molecule has 6 heteroatoms. The van der Waals surface area contributed by atoms with Crippen LogP contribution in [0.15, 0.2) is 24.4 Å². The number of halogens is 1. The van der Waals surface area contributed by atoms with Crippen molar-refractivity contribution in [3.8, 4) is 5.88 Å². The number of ether oxygens (including phenoxy) is 2. The van der Waals surface area contributed by atoms with Gasteiger partial charge in [-0.3, -0.25) is 0 Å². The van der Waals surface area contributed by atoms with E-state index in [9.17, 15) is 0 Å². The first kappa shape index (κ1) is 16.3. The Morgan fingerprint density at radius 3 is 3.04 bits per heavy atom. The maximum absolute atomic E-state index is 6.38. The Kier molecular flexibility index (Phi) is 4.29. The number of pyridine rings is 1. The Bertz CT molecular complexity index is 733. The SMILES string of the molecule is COc1ccc([C@@H]2C[C@]3(C[C@H](C)N2)OCCc2cc(Cl)sc23)cn1. The van der Waals surface area contributed by atoms with Crippen LogP contribution in [0.25, 0.3) is 0 Å². The Balaban J connectivity index is 1.68. The molecule has 1 fully saturated rings. The summed E-state index contributed by atoms with van der Waals surface area (Å²) >= 11 is 7.98. The van der Waals surface area contributed by atoms with Gasteiger partial charge in [0, 0.05) is 35.6 Å². The number of thiophene rings is 1. The van der Waals surface area contributed by atoms with Crippen molar-refractivity contribution in [1.82, 2.24) is 10.3 Å². The van der Waals surface area contributed by atoms with Crippen LogP contribution in [0.5, 0.6) is 5.88 Å². The van der Waals surface area contributed by atoms with Gasteiger partial charge in [0.15, 0.2) is 0 Å². The van der Waals surface area contributed by atoms with Crippen molar-refractivity contribution >= 4 is 22.9 Å². The minimum Gasteiger partial charge on any atom is -0.481 e. The highest BCUT2D eigenvalue weighted by Gasteiger charge is 2.46. The van der Waals surface area contributed by atoms with Gasteiger partial charge in [-0.05, 0) is 37.0 Å². The van der Waals surface area contributed by atoms with E-state index < -0.39 is 0 Å². The quantitative estimate of drug-likeness (QED) is 0.871. The van der Waals surface area contributed by atoms with Gasteiger partial charge in [0.2, 0.25) is 5.88 Å². The lowest BCUT2D eigenvalue weighted by Crippen LogP contribution is -2.49. The molecule has 1 N–H and O–H groups in total. The van der Waals surface area contributed by atoms with E-state index in [1.54, 1.807) is 18.4 Å². The highest BCUT2D eigenvalue weighted by Crippen LogP contribution is 2.49. The predicted molar refractivity (Wildman–Crippen MR) is 96.0 cm³/mol. The fraction of sp³-hybridized carbons (Fsp3) is 0.500. The molecule has 4 rings (SSSR count). The molecule has 0 aromatic carbocycles. The molecule has 0 aliphatic carbocycles. The van der Waals surface area contributed by atoms with E-state index in [2.05, 4.69) is 29.4 Å². The second kappa shape index (κ2) is 6.30. The molecule has 3 atom stereocenters. The van der Waals surface area contributed by atoms with Crippen molar-refractivity contribution in [2.75, 3.05) is 13.7 Å². The molecule has 128 valence electrons. The van der Waals surface area contributed by atoms with E-state index in [0.29, 0.717) is 11.9 Å². The summed E-state index contributed by atoms with van der Waals surface area (Å²) in [5.74, 6) is 0.638. The minimum absolute atomic E-state index is 0.207. The molecule has 0 saturated carbocycles. The molecule has 2 aliphatic heterocycles. The molecular weight excluding hydrogens is 344 g/mol. The molecule has 1 saturated heterocycles. The normalized spacial score (nSPS) is 29.5. The first-order chi connectivity index (χ1) is 11.6. The molecule has 4 heterocycles. The van der Waals surface area contributed by atoms with Crippen molar-refractivity contribution in [2.24, 2.45) is 0 Å². The molecule has 4 nitrogen and oxygen atoms in total. The Labute approximate surface area is 151 Å². The molecule has 0 radical (unpaired) electrons. The van der Waals surface area contributed by atoms with Gasteiger partial charge in [-0.15, -0.1) is 11.3 Å². The second-order valence-electron chi connectivity index (χ2n) is 6.66. The molecule has 1 spiro atoms. The van der Waals surface area contributed by atoms with Crippen molar-refractivity contribution in [3.05, 3.63) is 44.7 Å². The fourth-order valence-corrected chi connectivity index (χ4v) is 5.46. The predicted octanol–water partition coefficient (Wildman–Crippen LogP) is 4.09. The number of nitrogens with zero attached hydrogens (tertiary/aromatic N) is 1. The van der Waals surface area contributed by atoms with E-state index in [0.717, 1.165) is 30.2 Å². The summed E-state index contributed by atoms with van der Waals surface area (Å²) in [6.07, 6.45) is 4.72. The summed E-state index contributed by atoms with van der Waals surface area (Å²) in [5.41, 5.74) is 2.29. The van der Waals surface area contributed by atoms with Crippen LogP contribution < -0.4 is 10.1 Å². The van der Waals surface area contributed by atoms with Crippen molar-refractivity contribution < 1.29 is 9.47 Å². The zero-order valence-corrected chi connectivity index (χ0v) is 15.4. The fourth-order valence-electron chi connectivity index (χ4n) is 3.99. The molecule has 0 bridgehead atoms. The van der Waals surface area contributed by atoms with Crippen molar-refractivity contribution in [3.63, 3.8) is 0 Å². The maximum Gasteiger partial charge on any atom is 0.212 e. The lowest BCUT2D eigenvalue weighted by Gasteiger charge is -2.46. The number of fused-ring (bicyclic) bond motifs is 2. The van der Waals surface area contributed by atoms with Gasteiger partial charge >= 0.3 is 0 Å². The van der Waals surface area contributed by atoms with Crippen LogP contribution in [0.2, 0.25) is 4.34 Å². The van der Waals surface area contributed by atoms with Crippen molar-refractivity contribution in [2.45, 2.75) is 43.9 Å². The monoisotopic (exact) mass is 364 g/mol. The van der Waals surface area contributed by atoms with E-state index in [1.807, 2.05) is 12.3 Å². The summed E-state index contributed by atoms with van der Waals surface area (Å²) in [6.45, 7) is 2.98.